The second kappa shape index (κ2) is 8.64. The van der Waals surface area contributed by atoms with Crippen LogP contribution in [0.4, 0.5) is 4.79 Å². The second-order valence-electron chi connectivity index (χ2n) is 5.51. The van der Waals surface area contributed by atoms with Crippen LogP contribution in [0.1, 0.15) is 49.6 Å². The highest BCUT2D eigenvalue weighted by Crippen LogP contribution is 2.15. The minimum absolute atomic E-state index is 0.184. The van der Waals surface area contributed by atoms with E-state index in [9.17, 15) is 9.90 Å². The fraction of sp³-hybridized carbons (Fsp3) is 0.533. The Morgan fingerprint density at radius 1 is 1.43 bits per heavy atom. The summed E-state index contributed by atoms with van der Waals surface area (Å²) in [4.78, 5) is 15.9. The molecule has 0 spiro atoms. The van der Waals surface area contributed by atoms with Crippen molar-refractivity contribution in [2.24, 2.45) is 0 Å². The van der Waals surface area contributed by atoms with Crippen molar-refractivity contribution in [2.75, 3.05) is 13.1 Å². The molecule has 0 bridgehead atoms. The first kappa shape index (κ1) is 17.4. The van der Waals surface area contributed by atoms with Gasteiger partial charge in [-0.3, -0.25) is 0 Å². The third-order valence-corrected chi connectivity index (χ3v) is 3.94. The van der Waals surface area contributed by atoms with Gasteiger partial charge in [-0.2, -0.15) is 16.3 Å². The van der Waals surface area contributed by atoms with Gasteiger partial charge >= 0.3 is 6.03 Å². The molecule has 2 heterocycles. The quantitative estimate of drug-likeness (QED) is 0.641. The Balaban J connectivity index is 1.59. The van der Waals surface area contributed by atoms with Crippen LogP contribution in [0.5, 0.6) is 0 Å². The number of urea groups is 1. The number of hydrogen-bond donors (Lipinski definition) is 3. The van der Waals surface area contributed by atoms with E-state index in [4.69, 9.17) is 4.52 Å². The average molecular weight is 338 g/mol. The SMILES string of the molecule is CC(C)c1noc(CCCNC(=O)NCC(O)c2ccsc2)n1. The topological polar surface area (TPSA) is 100 Å². The number of amides is 2. The molecule has 2 amide bonds. The van der Waals surface area contributed by atoms with Crippen molar-refractivity contribution in [1.82, 2.24) is 20.8 Å². The van der Waals surface area contributed by atoms with E-state index in [1.807, 2.05) is 30.7 Å². The van der Waals surface area contributed by atoms with E-state index in [2.05, 4.69) is 20.8 Å². The van der Waals surface area contributed by atoms with Gasteiger partial charge in [-0.15, -0.1) is 0 Å². The van der Waals surface area contributed by atoms with Gasteiger partial charge in [-0.1, -0.05) is 19.0 Å². The molecule has 1 atom stereocenters. The average Bonchev–Trinajstić information content (AvgIpc) is 3.20. The number of rotatable bonds is 8. The maximum Gasteiger partial charge on any atom is 0.314 e. The highest BCUT2D eigenvalue weighted by Gasteiger charge is 2.11. The van der Waals surface area contributed by atoms with Crippen LogP contribution >= 0.6 is 11.3 Å². The summed E-state index contributed by atoms with van der Waals surface area (Å²) < 4.78 is 5.13. The molecule has 0 saturated carbocycles. The molecular weight excluding hydrogens is 316 g/mol. The zero-order chi connectivity index (χ0) is 16.7. The number of nitrogens with zero attached hydrogens (tertiary/aromatic N) is 2. The Hall–Kier alpha value is -1.93. The summed E-state index contributed by atoms with van der Waals surface area (Å²) in [7, 11) is 0. The predicted octanol–water partition coefficient (Wildman–Crippen LogP) is 2.22. The van der Waals surface area contributed by atoms with E-state index in [1.54, 1.807) is 0 Å². The molecule has 0 aliphatic rings. The highest BCUT2D eigenvalue weighted by atomic mass is 32.1. The number of aryl methyl sites for hydroxylation is 1. The van der Waals surface area contributed by atoms with Crippen molar-refractivity contribution in [3.05, 3.63) is 34.1 Å². The Labute approximate surface area is 139 Å². The summed E-state index contributed by atoms with van der Waals surface area (Å²) in [5, 5.41) is 22.9. The zero-order valence-corrected chi connectivity index (χ0v) is 14.1. The van der Waals surface area contributed by atoms with Gasteiger partial charge in [0.15, 0.2) is 5.82 Å². The normalized spacial score (nSPS) is 12.3. The largest absolute Gasteiger partial charge is 0.387 e. The zero-order valence-electron chi connectivity index (χ0n) is 13.3. The van der Waals surface area contributed by atoms with Crippen LogP contribution in [0.15, 0.2) is 21.3 Å². The number of aliphatic hydroxyl groups excluding tert-OH is 1. The van der Waals surface area contributed by atoms with E-state index < -0.39 is 6.10 Å². The van der Waals surface area contributed by atoms with Crippen LogP contribution in [-0.4, -0.2) is 34.4 Å². The molecule has 7 nitrogen and oxygen atoms in total. The lowest BCUT2D eigenvalue weighted by Crippen LogP contribution is -2.38. The van der Waals surface area contributed by atoms with Gasteiger partial charge in [0.2, 0.25) is 5.89 Å². The summed E-state index contributed by atoms with van der Waals surface area (Å²) in [6.45, 7) is 4.69. The smallest absolute Gasteiger partial charge is 0.314 e. The molecule has 0 aromatic carbocycles. The van der Waals surface area contributed by atoms with Crippen molar-refractivity contribution >= 4 is 17.4 Å². The summed E-state index contributed by atoms with van der Waals surface area (Å²) in [5.41, 5.74) is 0.813. The molecule has 23 heavy (non-hydrogen) atoms. The molecule has 2 rings (SSSR count). The Kier molecular flexibility index (Phi) is 6.54. The fourth-order valence-electron chi connectivity index (χ4n) is 1.88. The number of carbonyl (C=O) groups is 1. The molecule has 0 aliphatic heterocycles. The van der Waals surface area contributed by atoms with E-state index in [0.29, 0.717) is 31.1 Å². The molecule has 126 valence electrons. The van der Waals surface area contributed by atoms with Gasteiger partial charge in [-0.05, 0) is 28.8 Å². The summed E-state index contributed by atoms with van der Waals surface area (Å²) in [6.07, 6.45) is 0.650. The summed E-state index contributed by atoms with van der Waals surface area (Å²) in [6, 6.07) is 1.54. The van der Waals surface area contributed by atoms with Gasteiger partial charge in [0.05, 0.1) is 6.10 Å². The van der Waals surface area contributed by atoms with Crippen LogP contribution in [0.2, 0.25) is 0 Å². The molecule has 2 aromatic rings. The van der Waals surface area contributed by atoms with Crippen molar-refractivity contribution in [2.45, 2.75) is 38.7 Å². The van der Waals surface area contributed by atoms with E-state index in [-0.39, 0.29) is 18.5 Å². The standard InChI is InChI=1S/C15H22N4O3S/c1-10(2)14-18-13(22-19-14)4-3-6-16-15(21)17-8-12(20)11-5-7-23-9-11/h5,7,9-10,12,20H,3-4,6,8H2,1-2H3,(H2,16,17,21). The molecule has 0 fully saturated rings. The number of aliphatic hydroxyl groups is 1. The summed E-state index contributed by atoms with van der Waals surface area (Å²) >= 11 is 1.51. The minimum Gasteiger partial charge on any atom is -0.387 e. The predicted molar refractivity (Wildman–Crippen MR) is 87.4 cm³/mol. The van der Waals surface area contributed by atoms with Gasteiger partial charge in [0.1, 0.15) is 0 Å². The lowest BCUT2D eigenvalue weighted by molar-refractivity contribution is 0.173. The molecule has 8 heteroatoms. The Bertz CT molecular complexity index is 598. The number of carbonyl (C=O) groups excluding carboxylic acids is 1. The van der Waals surface area contributed by atoms with Gasteiger partial charge in [0.25, 0.3) is 0 Å². The third kappa shape index (κ3) is 5.65. The first-order chi connectivity index (χ1) is 11.1. The first-order valence-corrected chi connectivity index (χ1v) is 8.55. The number of thiophene rings is 1. The van der Waals surface area contributed by atoms with Crippen molar-refractivity contribution < 1.29 is 14.4 Å². The van der Waals surface area contributed by atoms with Crippen molar-refractivity contribution in [3.8, 4) is 0 Å². The van der Waals surface area contributed by atoms with Crippen molar-refractivity contribution in [1.29, 1.82) is 0 Å². The van der Waals surface area contributed by atoms with Crippen LogP contribution in [0.25, 0.3) is 0 Å². The molecule has 3 N–H and O–H groups in total. The first-order valence-electron chi connectivity index (χ1n) is 7.60. The van der Waals surface area contributed by atoms with Crippen molar-refractivity contribution in [3.63, 3.8) is 0 Å². The molecule has 0 saturated heterocycles. The van der Waals surface area contributed by atoms with Crippen LogP contribution in [-0.2, 0) is 6.42 Å². The van der Waals surface area contributed by atoms with E-state index in [1.165, 1.54) is 11.3 Å². The maximum atomic E-state index is 11.6. The highest BCUT2D eigenvalue weighted by molar-refractivity contribution is 7.07. The molecule has 2 aromatic heterocycles. The van der Waals surface area contributed by atoms with Crippen LogP contribution in [0.3, 0.4) is 0 Å². The Morgan fingerprint density at radius 2 is 2.26 bits per heavy atom. The molecule has 0 aliphatic carbocycles. The molecule has 1 unspecified atom stereocenters. The molecular formula is C15H22N4O3S. The van der Waals surface area contributed by atoms with Crippen LogP contribution in [0, 0.1) is 0 Å². The minimum atomic E-state index is -0.681. The van der Waals surface area contributed by atoms with E-state index >= 15 is 0 Å². The van der Waals surface area contributed by atoms with Gasteiger partial charge in [0, 0.05) is 25.4 Å². The van der Waals surface area contributed by atoms with Gasteiger partial charge < -0.3 is 20.3 Å². The lowest BCUT2D eigenvalue weighted by Gasteiger charge is -2.11. The number of aromatic nitrogens is 2. The summed E-state index contributed by atoms with van der Waals surface area (Å²) in [5.74, 6) is 1.53. The maximum absolute atomic E-state index is 11.6. The number of hydrogen-bond acceptors (Lipinski definition) is 6. The monoisotopic (exact) mass is 338 g/mol. The fourth-order valence-corrected chi connectivity index (χ4v) is 2.59. The molecule has 0 radical (unpaired) electrons. The van der Waals surface area contributed by atoms with Gasteiger partial charge in [-0.25, -0.2) is 4.79 Å². The second-order valence-corrected chi connectivity index (χ2v) is 6.29. The Morgan fingerprint density at radius 3 is 2.91 bits per heavy atom. The lowest BCUT2D eigenvalue weighted by atomic mass is 10.2. The number of nitrogens with one attached hydrogen (secondary N) is 2. The van der Waals surface area contributed by atoms with Crippen LogP contribution < -0.4 is 10.6 Å². The van der Waals surface area contributed by atoms with E-state index in [0.717, 1.165) is 5.56 Å². The third-order valence-electron chi connectivity index (χ3n) is 3.24.